The standard InChI is InChI=1S/C24H27F2N3O/c1-15-4-7-22-20(10-15)19-8-9-28(3)14-23(19)29(22)13-16(11-24(30)27-2)18-6-5-17(25)12-21(18)26/h4-7,10,12,16H,8-9,11,13-14H2,1-3H3,(H,27,30). The van der Waals surface area contributed by atoms with E-state index in [1.54, 1.807) is 7.05 Å². The van der Waals surface area contributed by atoms with Gasteiger partial charge in [0.2, 0.25) is 5.91 Å². The molecule has 0 bridgehead atoms. The van der Waals surface area contributed by atoms with Crippen molar-refractivity contribution >= 4 is 16.8 Å². The summed E-state index contributed by atoms with van der Waals surface area (Å²) in [5.41, 5.74) is 5.23. The second kappa shape index (κ2) is 8.19. The normalized spacial score (nSPS) is 15.2. The van der Waals surface area contributed by atoms with E-state index in [4.69, 9.17) is 0 Å². The van der Waals surface area contributed by atoms with Crippen LogP contribution in [0.25, 0.3) is 10.9 Å². The number of hydrogen-bond acceptors (Lipinski definition) is 2. The van der Waals surface area contributed by atoms with Crippen LogP contribution in [-0.2, 0) is 24.3 Å². The van der Waals surface area contributed by atoms with E-state index in [9.17, 15) is 13.6 Å². The highest BCUT2D eigenvalue weighted by atomic mass is 19.1. The second-order valence-corrected chi connectivity index (χ2v) is 8.28. The lowest BCUT2D eigenvalue weighted by molar-refractivity contribution is -0.121. The maximum atomic E-state index is 14.7. The Bertz CT molecular complexity index is 1110. The molecule has 2 heterocycles. The van der Waals surface area contributed by atoms with Crippen molar-refractivity contribution in [2.24, 2.45) is 0 Å². The molecule has 1 atom stereocenters. The average molecular weight is 411 g/mol. The number of benzene rings is 2. The molecule has 1 aliphatic rings. The highest BCUT2D eigenvalue weighted by molar-refractivity contribution is 5.86. The van der Waals surface area contributed by atoms with Crippen LogP contribution in [0.4, 0.5) is 8.78 Å². The van der Waals surface area contributed by atoms with E-state index in [1.165, 1.54) is 34.3 Å². The van der Waals surface area contributed by atoms with Gasteiger partial charge in [-0.3, -0.25) is 4.79 Å². The number of nitrogens with zero attached hydrogens (tertiary/aromatic N) is 2. The zero-order valence-corrected chi connectivity index (χ0v) is 17.6. The van der Waals surface area contributed by atoms with Crippen molar-refractivity contribution in [3.05, 3.63) is 70.4 Å². The molecule has 0 aliphatic carbocycles. The molecular weight excluding hydrogens is 384 g/mol. The Balaban J connectivity index is 1.83. The summed E-state index contributed by atoms with van der Waals surface area (Å²) >= 11 is 0. The van der Waals surface area contributed by atoms with E-state index < -0.39 is 17.6 Å². The van der Waals surface area contributed by atoms with Crippen LogP contribution in [0.3, 0.4) is 0 Å². The zero-order chi connectivity index (χ0) is 21.4. The first-order valence-corrected chi connectivity index (χ1v) is 10.3. The molecule has 1 unspecified atom stereocenters. The molecule has 1 amide bonds. The van der Waals surface area contributed by atoms with Crippen molar-refractivity contribution in [2.45, 2.75) is 38.8 Å². The molecule has 4 nitrogen and oxygen atoms in total. The second-order valence-electron chi connectivity index (χ2n) is 8.28. The molecule has 0 fully saturated rings. The molecule has 0 radical (unpaired) electrons. The topological polar surface area (TPSA) is 37.3 Å². The van der Waals surface area contributed by atoms with Crippen LogP contribution in [0.2, 0.25) is 0 Å². The predicted molar refractivity (Wildman–Crippen MR) is 114 cm³/mol. The van der Waals surface area contributed by atoms with Crippen LogP contribution in [0, 0.1) is 18.6 Å². The molecule has 1 aliphatic heterocycles. The zero-order valence-electron chi connectivity index (χ0n) is 17.6. The Hall–Kier alpha value is -2.73. The molecule has 0 saturated carbocycles. The van der Waals surface area contributed by atoms with Gasteiger partial charge in [0, 0.05) is 61.7 Å². The number of nitrogens with one attached hydrogen (secondary N) is 1. The van der Waals surface area contributed by atoms with Crippen LogP contribution in [0.15, 0.2) is 36.4 Å². The van der Waals surface area contributed by atoms with Crippen molar-refractivity contribution in [1.82, 2.24) is 14.8 Å². The van der Waals surface area contributed by atoms with Gasteiger partial charge in [0.15, 0.2) is 0 Å². The van der Waals surface area contributed by atoms with E-state index in [0.29, 0.717) is 12.1 Å². The van der Waals surface area contributed by atoms with Crippen molar-refractivity contribution in [3.63, 3.8) is 0 Å². The number of hydrogen-bond donors (Lipinski definition) is 1. The minimum atomic E-state index is -0.615. The summed E-state index contributed by atoms with van der Waals surface area (Å²) in [6.07, 6.45) is 1.10. The highest BCUT2D eigenvalue weighted by Crippen LogP contribution is 2.34. The third kappa shape index (κ3) is 3.84. The Morgan fingerprint density at radius 2 is 2.00 bits per heavy atom. The van der Waals surface area contributed by atoms with Gasteiger partial charge in [-0.2, -0.15) is 0 Å². The number of carbonyl (C=O) groups excluding carboxylic acids is 1. The quantitative estimate of drug-likeness (QED) is 0.685. The fraction of sp³-hybridized carbons (Fsp3) is 0.375. The lowest BCUT2D eigenvalue weighted by Crippen LogP contribution is -2.29. The van der Waals surface area contributed by atoms with E-state index in [-0.39, 0.29) is 12.3 Å². The fourth-order valence-corrected chi connectivity index (χ4v) is 4.55. The van der Waals surface area contributed by atoms with Crippen molar-refractivity contribution in [3.8, 4) is 0 Å². The van der Waals surface area contributed by atoms with E-state index in [1.807, 2.05) is 0 Å². The molecule has 3 aromatic rings. The number of likely N-dealkylation sites (N-methyl/N-ethyl adjacent to an activating group) is 1. The summed E-state index contributed by atoms with van der Waals surface area (Å²) in [6.45, 7) is 4.34. The SMILES string of the molecule is CNC(=O)CC(Cn1c2c(c3cc(C)ccc31)CCN(C)C2)c1ccc(F)cc1F. The molecule has 1 N–H and O–H groups in total. The summed E-state index contributed by atoms with van der Waals surface area (Å²) in [7, 11) is 3.67. The number of aromatic nitrogens is 1. The van der Waals surface area contributed by atoms with Gasteiger partial charge in [0.25, 0.3) is 0 Å². The van der Waals surface area contributed by atoms with Crippen LogP contribution in [0.1, 0.15) is 34.7 Å². The van der Waals surface area contributed by atoms with Gasteiger partial charge in [0.05, 0.1) is 0 Å². The smallest absolute Gasteiger partial charge is 0.220 e. The Morgan fingerprint density at radius 1 is 1.20 bits per heavy atom. The summed E-state index contributed by atoms with van der Waals surface area (Å²) in [4.78, 5) is 14.5. The monoisotopic (exact) mass is 411 g/mol. The van der Waals surface area contributed by atoms with Gasteiger partial charge in [-0.25, -0.2) is 8.78 Å². The first-order valence-electron chi connectivity index (χ1n) is 10.3. The van der Waals surface area contributed by atoms with Crippen molar-refractivity contribution in [2.75, 3.05) is 20.6 Å². The van der Waals surface area contributed by atoms with Gasteiger partial charge < -0.3 is 14.8 Å². The Labute approximate surface area is 175 Å². The van der Waals surface area contributed by atoms with Crippen LogP contribution >= 0.6 is 0 Å². The molecular formula is C24H27F2N3O. The van der Waals surface area contributed by atoms with Gasteiger partial charge in [0.1, 0.15) is 11.6 Å². The van der Waals surface area contributed by atoms with Crippen LogP contribution in [0.5, 0.6) is 0 Å². The minimum absolute atomic E-state index is 0.134. The van der Waals surface area contributed by atoms with Crippen LogP contribution in [-0.4, -0.2) is 36.0 Å². The predicted octanol–water partition coefficient (Wildman–Crippen LogP) is 4.14. The molecule has 2 aromatic carbocycles. The molecule has 158 valence electrons. The van der Waals surface area contributed by atoms with Gasteiger partial charge in [-0.05, 0) is 49.7 Å². The average Bonchev–Trinajstić information content (AvgIpc) is 2.99. The summed E-state index contributed by atoms with van der Waals surface area (Å²) in [5, 5.41) is 3.87. The molecule has 4 rings (SSSR count). The van der Waals surface area contributed by atoms with E-state index in [2.05, 4.69) is 47.0 Å². The number of aryl methyl sites for hydroxylation is 1. The molecule has 6 heteroatoms. The molecule has 30 heavy (non-hydrogen) atoms. The number of fused-ring (bicyclic) bond motifs is 3. The highest BCUT2D eigenvalue weighted by Gasteiger charge is 2.26. The van der Waals surface area contributed by atoms with Crippen LogP contribution < -0.4 is 5.32 Å². The third-order valence-electron chi connectivity index (χ3n) is 6.12. The number of rotatable bonds is 5. The Kier molecular flexibility index (Phi) is 5.60. The van der Waals surface area contributed by atoms with E-state index >= 15 is 0 Å². The van der Waals surface area contributed by atoms with Crippen molar-refractivity contribution < 1.29 is 13.6 Å². The first kappa shape index (κ1) is 20.5. The Morgan fingerprint density at radius 3 is 2.73 bits per heavy atom. The van der Waals surface area contributed by atoms with Gasteiger partial charge in [-0.1, -0.05) is 17.7 Å². The molecule has 0 spiro atoms. The summed E-state index contributed by atoms with van der Waals surface area (Å²) < 4.78 is 30.4. The molecule has 1 aromatic heterocycles. The molecule has 0 saturated heterocycles. The van der Waals surface area contributed by atoms with Gasteiger partial charge >= 0.3 is 0 Å². The third-order valence-corrected chi connectivity index (χ3v) is 6.12. The number of amides is 1. The summed E-state index contributed by atoms with van der Waals surface area (Å²) in [5.74, 6) is -1.79. The van der Waals surface area contributed by atoms with Gasteiger partial charge in [-0.15, -0.1) is 0 Å². The summed E-state index contributed by atoms with van der Waals surface area (Å²) in [6, 6.07) is 10.0. The maximum absolute atomic E-state index is 14.7. The number of carbonyl (C=O) groups is 1. The van der Waals surface area contributed by atoms with E-state index in [0.717, 1.165) is 31.1 Å². The lowest BCUT2D eigenvalue weighted by Gasteiger charge is -2.26. The lowest BCUT2D eigenvalue weighted by atomic mass is 9.94. The largest absolute Gasteiger partial charge is 0.359 e. The number of halogens is 2. The van der Waals surface area contributed by atoms with Crippen molar-refractivity contribution in [1.29, 1.82) is 0 Å². The maximum Gasteiger partial charge on any atom is 0.220 e. The minimum Gasteiger partial charge on any atom is -0.359 e. The fourth-order valence-electron chi connectivity index (χ4n) is 4.55. The first-order chi connectivity index (χ1) is 14.4.